The van der Waals surface area contributed by atoms with E-state index in [1.54, 1.807) is 12.3 Å². The van der Waals surface area contributed by atoms with E-state index in [0.29, 0.717) is 17.1 Å². The maximum atomic E-state index is 12.9. The number of aryl methyl sites for hydroxylation is 1. The molecule has 0 unspecified atom stereocenters. The van der Waals surface area contributed by atoms with E-state index in [2.05, 4.69) is 21.9 Å². The first-order valence-corrected chi connectivity index (χ1v) is 8.13. The molecule has 26 heavy (non-hydrogen) atoms. The van der Waals surface area contributed by atoms with E-state index in [-0.39, 0.29) is 11.5 Å². The number of anilines is 1. The number of aliphatic imine (C=N–C) groups is 1. The zero-order valence-corrected chi connectivity index (χ0v) is 15.5. The molecular formula is C19H25F2N5. The summed E-state index contributed by atoms with van der Waals surface area (Å²) in [7, 11) is 0. The molecule has 0 amide bonds. The predicted octanol–water partition coefficient (Wildman–Crippen LogP) is 4.67. The summed E-state index contributed by atoms with van der Waals surface area (Å²) >= 11 is 0. The van der Waals surface area contributed by atoms with E-state index in [4.69, 9.17) is 11.1 Å². The third-order valence-electron chi connectivity index (χ3n) is 3.82. The summed E-state index contributed by atoms with van der Waals surface area (Å²) in [6.07, 6.45) is 2.32. The van der Waals surface area contributed by atoms with Crippen LogP contribution >= 0.6 is 0 Å². The molecule has 0 radical (unpaired) electrons. The molecule has 5 nitrogen and oxygen atoms in total. The normalized spacial score (nSPS) is 13.5. The van der Waals surface area contributed by atoms with Crippen molar-refractivity contribution in [2.24, 2.45) is 10.7 Å². The van der Waals surface area contributed by atoms with Gasteiger partial charge in [-0.3, -0.25) is 0 Å². The number of allylic oxidation sites excluding steroid dienone is 3. The fourth-order valence-corrected chi connectivity index (χ4v) is 1.98. The number of pyridine rings is 1. The summed E-state index contributed by atoms with van der Waals surface area (Å²) in [6, 6.07) is 1.73. The lowest BCUT2D eigenvalue weighted by Gasteiger charge is -2.11. The molecule has 0 aliphatic rings. The maximum absolute atomic E-state index is 12.9. The molecule has 0 fully saturated rings. The minimum atomic E-state index is -2.66. The van der Waals surface area contributed by atoms with Gasteiger partial charge in [-0.15, -0.1) is 0 Å². The highest BCUT2D eigenvalue weighted by atomic mass is 19.3. The number of halogens is 2. The SMILES string of the molecule is C=C(C=N)c1cnc(N/C(=C/C(N)=C(\C)CC)N=C(C)C(F)F)cc1C. The predicted molar refractivity (Wildman–Crippen MR) is 105 cm³/mol. The van der Waals surface area contributed by atoms with Crippen LogP contribution in [-0.2, 0) is 0 Å². The molecule has 1 aromatic rings. The Morgan fingerprint density at radius 3 is 2.62 bits per heavy atom. The Morgan fingerprint density at radius 1 is 1.46 bits per heavy atom. The smallest absolute Gasteiger partial charge is 0.276 e. The van der Waals surface area contributed by atoms with Crippen LogP contribution < -0.4 is 11.1 Å². The number of aromatic nitrogens is 1. The first-order valence-electron chi connectivity index (χ1n) is 8.13. The molecule has 4 N–H and O–H groups in total. The van der Waals surface area contributed by atoms with Crippen LogP contribution in [0.2, 0.25) is 0 Å². The largest absolute Gasteiger partial charge is 0.399 e. The lowest BCUT2D eigenvalue weighted by Crippen LogP contribution is -2.10. The van der Waals surface area contributed by atoms with Gasteiger partial charge in [0.25, 0.3) is 6.43 Å². The van der Waals surface area contributed by atoms with Crippen LogP contribution in [0.3, 0.4) is 0 Å². The average molecular weight is 361 g/mol. The quantitative estimate of drug-likeness (QED) is 0.464. The molecule has 1 aromatic heterocycles. The molecular weight excluding hydrogens is 336 g/mol. The van der Waals surface area contributed by atoms with E-state index >= 15 is 0 Å². The second-order valence-corrected chi connectivity index (χ2v) is 5.85. The van der Waals surface area contributed by atoms with Crippen molar-refractivity contribution in [1.29, 1.82) is 5.41 Å². The van der Waals surface area contributed by atoms with Crippen molar-refractivity contribution in [1.82, 2.24) is 4.98 Å². The molecule has 140 valence electrons. The number of hydrogen-bond acceptors (Lipinski definition) is 5. The highest BCUT2D eigenvalue weighted by molar-refractivity contribution is 6.07. The van der Waals surface area contributed by atoms with Crippen molar-refractivity contribution in [2.75, 3.05) is 5.32 Å². The van der Waals surface area contributed by atoms with E-state index in [9.17, 15) is 8.78 Å². The summed E-state index contributed by atoms with van der Waals surface area (Å²) < 4.78 is 25.7. The molecule has 0 aliphatic heterocycles. The summed E-state index contributed by atoms with van der Waals surface area (Å²) in [5.41, 5.74) is 9.19. The van der Waals surface area contributed by atoms with Crippen molar-refractivity contribution in [3.05, 3.63) is 53.1 Å². The Morgan fingerprint density at radius 2 is 2.12 bits per heavy atom. The Bertz CT molecular complexity index is 776. The summed E-state index contributed by atoms with van der Waals surface area (Å²) in [6.45, 7) is 10.7. The number of rotatable bonds is 8. The number of nitrogens with zero attached hydrogens (tertiary/aromatic N) is 2. The Balaban J connectivity index is 3.27. The standard InChI is InChI=1S/C19H25F2N5/c1-6-11(2)16(23)8-18(25-14(5)19(20)21)26-17-7-12(3)15(10-24-17)13(4)9-22/h7-10,19,22H,4,6,23H2,1-3,5H3,(H,24,26)/b16-11-,18-8+,22-9?,25-14?. The lowest BCUT2D eigenvalue weighted by atomic mass is 10.1. The van der Waals surface area contributed by atoms with Crippen LogP contribution in [0.15, 0.2) is 47.0 Å². The van der Waals surface area contributed by atoms with Gasteiger partial charge in [0.15, 0.2) is 0 Å². The van der Waals surface area contributed by atoms with Gasteiger partial charge in [-0.25, -0.2) is 18.8 Å². The minimum absolute atomic E-state index is 0.179. The lowest BCUT2D eigenvalue weighted by molar-refractivity contribution is 0.225. The molecule has 0 bridgehead atoms. The zero-order valence-electron chi connectivity index (χ0n) is 15.5. The summed E-state index contributed by atoms with van der Waals surface area (Å²) in [5.74, 6) is 0.613. The second-order valence-electron chi connectivity index (χ2n) is 5.85. The van der Waals surface area contributed by atoms with Crippen molar-refractivity contribution < 1.29 is 8.78 Å². The highest BCUT2D eigenvalue weighted by Crippen LogP contribution is 2.19. The van der Waals surface area contributed by atoms with Gasteiger partial charge in [0.05, 0.1) is 5.71 Å². The zero-order chi connectivity index (χ0) is 19.9. The van der Waals surface area contributed by atoms with Gasteiger partial charge in [0, 0.05) is 29.7 Å². The molecule has 0 saturated heterocycles. The molecule has 1 rings (SSSR count). The third-order valence-corrected chi connectivity index (χ3v) is 3.82. The van der Waals surface area contributed by atoms with Gasteiger partial charge in [-0.1, -0.05) is 19.1 Å². The minimum Gasteiger partial charge on any atom is -0.399 e. The molecule has 1 heterocycles. The number of nitrogens with one attached hydrogen (secondary N) is 2. The first-order chi connectivity index (χ1) is 12.2. The van der Waals surface area contributed by atoms with E-state index in [1.807, 2.05) is 20.8 Å². The van der Waals surface area contributed by atoms with Gasteiger partial charge in [-0.05, 0) is 44.4 Å². The van der Waals surface area contributed by atoms with E-state index in [1.165, 1.54) is 13.0 Å². The summed E-state index contributed by atoms with van der Waals surface area (Å²) in [5, 5.41) is 10.2. The van der Waals surface area contributed by atoms with Crippen LogP contribution in [0.25, 0.3) is 5.57 Å². The Labute approximate surface area is 152 Å². The number of hydrogen-bond donors (Lipinski definition) is 3. The van der Waals surface area contributed by atoms with E-state index in [0.717, 1.165) is 29.3 Å². The first kappa shape index (κ1) is 21.2. The van der Waals surface area contributed by atoms with Crippen molar-refractivity contribution in [2.45, 2.75) is 40.5 Å². The Kier molecular flexibility index (Phi) is 7.83. The van der Waals surface area contributed by atoms with Gasteiger partial charge in [0.2, 0.25) is 0 Å². The van der Waals surface area contributed by atoms with Crippen LogP contribution in [0, 0.1) is 12.3 Å². The third kappa shape index (κ3) is 5.91. The van der Waals surface area contributed by atoms with Crippen LogP contribution in [0.5, 0.6) is 0 Å². The van der Waals surface area contributed by atoms with Crippen LogP contribution in [0.4, 0.5) is 14.6 Å². The monoisotopic (exact) mass is 361 g/mol. The molecule has 0 aromatic carbocycles. The maximum Gasteiger partial charge on any atom is 0.276 e. The van der Waals surface area contributed by atoms with Crippen LogP contribution in [0.1, 0.15) is 38.3 Å². The molecule has 7 heteroatoms. The van der Waals surface area contributed by atoms with Gasteiger partial charge in [-0.2, -0.15) is 0 Å². The second kappa shape index (κ2) is 9.60. The Hall–Kier alpha value is -2.83. The van der Waals surface area contributed by atoms with Crippen LogP contribution in [-0.4, -0.2) is 23.3 Å². The molecule has 0 aliphatic carbocycles. The van der Waals surface area contributed by atoms with E-state index < -0.39 is 6.43 Å². The topological polar surface area (TPSA) is 87.2 Å². The van der Waals surface area contributed by atoms with Crippen molar-refractivity contribution in [3.8, 4) is 0 Å². The molecule has 0 atom stereocenters. The van der Waals surface area contributed by atoms with Gasteiger partial charge >= 0.3 is 0 Å². The number of nitrogens with two attached hydrogens (primary N) is 1. The number of alkyl halides is 2. The van der Waals surface area contributed by atoms with Crippen molar-refractivity contribution in [3.63, 3.8) is 0 Å². The van der Waals surface area contributed by atoms with Gasteiger partial charge < -0.3 is 16.5 Å². The van der Waals surface area contributed by atoms with Crippen molar-refractivity contribution >= 4 is 23.3 Å². The molecule has 0 spiro atoms. The average Bonchev–Trinajstić information content (AvgIpc) is 2.60. The van der Waals surface area contributed by atoms with Gasteiger partial charge in [0.1, 0.15) is 11.6 Å². The fraction of sp³-hybridized carbons (Fsp3) is 0.316. The fourth-order valence-electron chi connectivity index (χ4n) is 1.98. The molecule has 0 saturated carbocycles. The highest BCUT2D eigenvalue weighted by Gasteiger charge is 2.10. The summed E-state index contributed by atoms with van der Waals surface area (Å²) in [4.78, 5) is 8.18.